The smallest absolute Gasteiger partial charge is 0.288 e. The van der Waals surface area contributed by atoms with Crippen LogP contribution in [0, 0.1) is 16.0 Å². The number of pyridine rings is 1. The van der Waals surface area contributed by atoms with Crippen LogP contribution in [-0.2, 0) is 4.79 Å². The Kier molecular flexibility index (Phi) is 4.34. The topological polar surface area (TPSA) is 73.1 Å². The summed E-state index contributed by atoms with van der Waals surface area (Å²) in [5.74, 6) is -0.245. The first-order valence-electron chi connectivity index (χ1n) is 5.15. The average Bonchev–Trinajstić information content (AvgIpc) is 2.19. The van der Waals surface area contributed by atoms with E-state index in [-0.39, 0.29) is 23.3 Å². The minimum Gasteiger partial charge on any atom is -0.299 e. The SMILES string of the molecule is CC(=O)C(c1ncc([N+](=O)[O-])cc1Br)C(C)C. The van der Waals surface area contributed by atoms with Crippen LogP contribution in [0.15, 0.2) is 16.7 Å². The van der Waals surface area contributed by atoms with Crippen molar-refractivity contribution >= 4 is 27.4 Å². The number of hydrogen-bond donors (Lipinski definition) is 0. The van der Waals surface area contributed by atoms with Crippen LogP contribution in [-0.4, -0.2) is 15.7 Å². The second-order valence-electron chi connectivity index (χ2n) is 4.15. The maximum absolute atomic E-state index is 11.6. The maximum atomic E-state index is 11.6. The zero-order valence-corrected chi connectivity index (χ0v) is 11.4. The highest BCUT2D eigenvalue weighted by atomic mass is 79.9. The molecule has 0 amide bonds. The lowest BCUT2D eigenvalue weighted by Crippen LogP contribution is -2.17. The fraction of sp³-hybridized carbons (Fsp3) is 0.455. The molecule has 0 fully saturated rings. The number of nitro groups is 1. The molecule has 0 saturated heterocycles. The normalized spacial score (nSPS) is 12.5. The zero-order chi connectivity index (χ0) is 13.2. The summed E-state index contributed by atoms with van der Waals surface area (Å²) >= 11 is 3.23. The van der Waals surface area contributed by atoms with Gasteiger partial charge in [0.25, 0.3) is 5.69 Å². The first-order chi connectivity index (χ1) is 7.84. The third-order valence-electron chi connectivity index (χ3n) is 2.47. The van der Waals surface area contributed by atoms with Gasteiger partial charge in [-0.2, -0.15) is 0 Å². The standard InChI is InChI=1S/C11H13BrN2O3/c1-6(2)10(7(3)15)11-9(12)4-8(5-13-11)14(16)17/h4-6,10H,1-3H3. The lowest BCUT2D eigenvalue weighted by Gasteiger charge is -2.18. The Bertz CT molecular complexity index is 460. The van der Waals surface area contributed by atoms with Gasteiger partial charge in [-0.25, -0.2) is 0 Å². The molecule has 0 aromatic carbocycles. The summed E-state index contributed by atoms with van der Waals surface area (Å²) in [6.45, 7) is 5.34. The van der Waals surface area contributed by atoms with Gasteiger partial charge < -0.3 is 0 Å². The van der Waals surface area contributed by atoms with Crippen LogP contribution < -0.4 is 0 Å². The van der Waals surface area contributed by atoms with Crippen LogP contribution in [0.2, 0.25) is 0 Å². The van der Waals surface area contributed by atoms with E-state index in [2.05, 4.69) is 20.9 Å². The summed E-state index contributed by atoms with van der Waals surface area (Å²) in [5, 5.41) is 10.6. The van der Waals surface area contributed by atoms with Crippen LogP contribution in [0.25, 0.3) is 0 Å². The summed E-state index contributed by atoms with van der Waals surface area (Å²) in [6.07, 6.45) is 1.18. The number of rotatable bonds is 4. The maximum Gasteiger partial charge on any atom is 0.288 e. The summed E-state index contributed by atoms with van der Waals surface area (Å²) in [6, 6.07) is 1.38. The van der Waals surface area contributed by atoms with Crippen molar-refractivity contribution in [3.8, 4) is 0 Å². The van der Waals surface area contributed by atoms with Gasteiger partial charge in [0, 0.05) is 10.5 Å². The fourth-order valence-corrected chi connectivity index (χ4v) is 2.33. The van der Waals surface area contributed by atoms with Gasteiger partial charge in [0.05, 0.1) is 16.5 Å². The molecule has 0 bridgehead atoms. The molecular weight excluding hydrogens is 288 g/mol. The molecule has 6 heteroatoms. The summed E-state index contributed by atoms with van der Waals surface area (Å²) in [7, 11) is 0. The quantitative estimate of drug-likeness (QED) is 0.632. The van der Waals surface area contributed by atoms with Crippen molar-refractivity contribution in [2.45, 2.75) is 26.7 Å². The number of ketones is 1. The van der Waals surface area contributed by atoms with Crippen molar-refractivity contribution < 1.29 is 9.72 Å². The van der Waals surface area contributed by atoms with E-state index >= 15 is 0 Å². The Balaban J connectivity index is 3.22. The summed E-state index contributed by atoms with van der Waals surface area (Å²) in [5.41, 5.74) is 0.463. The molecule has 1 atom stereocenters. The second kappa shape index (κ2) is 5.35. The molecule has 0 spiro atoms. The van der Waals surface area contributed by atoms with E-state index in [4.69, 9.17) is 0 Å². The molecule has 0 aliphatic rings. The van der Waals surface area contributed by atoms with E-state index in [1.54, 1.807) is 0 Å². The Hall–Kier alpha value is -1.30. The van der Waals surface area contributed by atoms with Crippen LogP contribution in [0.1, 0.15) is 32.4 Å². The lowest BCUT2D eigenvalue weighted by atomic mass is 9.89. The number of halogens is 1. The molecule has 1 aromatic heterocycles. The van der Waals surface area contributed by atoms with Crippen molar-refractivity contribution in [1.82, 2.24) is 4.98 Å². The van der Waals surface area contributed by atoms with Crippen molar-refractivity contribution in [3.05, 3.63) is 32.5 Å². The first-order valence-corrected chi connectivity index (χ1v) is 5.94. The molecule has 1 unspecified atom stereocenters. The van der Waals surface area contributed by atoms with Crippen LogP contribution in [0.3, 0.4) is 0 Å². The van der Waals surface area contributed by atoms with E-state index in [1.807, 2.05) is 13.8 Å². The highest BCUT2D eigenvalue weighted by molar-refractivity contribution is 9.10. The Morgan fingerprint density at radius 1 is 1.53 bits per heavy atom. The van der Waals surface area contributed by atoms with E-state index in [0.29, 0.717) is 10.2 Å². The van der Waals surface area contributed by atoms with E-state index in [9.17, 15) is 14.9 Å². The minimum atomic E-state index is -0.514. The molecule has 5 nitrogen and oxygen atoms in total. The number of carbonyl (C=O) groups excluding carboxylic acids is 1. The van der Waals surface area contributed by atoms with Gasteiger partial charge in [0.2, 0.25) is 0 Å². The van der Waals surface area contributed by atoms with E-state index in [0.717, 1.165) is 0 Å². The zero-order valence-electron chi connectivity index (χ0n) is 9.81. The van der Waals surface area contributed by atoms with Gasteiger partial charge in [-0.3, -0.25) is 19.9 Å². The minimum absolute atomic E-state index is 0.00190. The molecule has 0 aliphatic carbocycles. The van der Waals surface area contributed by atoms with Crippen molar-refractivity contribution in [1.29, 1.82) is 0 Å². The fourth-order valence-electron chi connectivity index (χ4n) is 1.74. The molecule has 17 heavy (non-hydrogen) atoms. The molecule has 0 aliphatic heterocycles. The molecule has 0 radical (unpaired) electrons. The summed E-state index contributed by atoms with van der Waals surface area (Å²) < 4.78 is 0.501. The second-order valence-corrected chi connectivity index (χ2v) is 5.00. The van der Waals surface area contributed by atoms with Gasteiger partial charge in [-0.15, -0.1) is 0 Å². The molecule has 0 N–H and O–H groups in total. The van der Waals surface area contributed by atoms with Gasteiger partial charge in [0.15, 0.2) is 0 Å². The van der Waals surface area contributed by atoms with Gasteiger partial charge in [0.1, 0.15) is 12.0 Å². The van der Waals surface area contributed by atoms with Crippen molar-refractivity contribution in [2.24, 2.45) is 5.92 Å². The average molecular weight is 301 g/mol. The molecule has 1 rings (SSSR count). The lowest BCUT2D eigenvalue weighted by molar-refractivity contribution is -0.385. The Morgan fingerprint density at radius 3 is 2.47 bits per heavy atom. The predicted octanol–water partition coefficient (Wildman–Crippen LogP) is 3.08. The largest absolute Gasteiger partial charge is 0.299 e. The van der Waals surface area contributed by atoms with Gasteiger partial charge in [-0.1, -0.05) is 13.8 Å². The number of Topliss-reactive ketones (excluding diaryl/α,β-unsaturated/α-hetero) is 1. The predicted molar refractivity (Wildman–Crippen MR) is 66.9 cm³/mol. The molecule has 92 valence electrons. The van der Waals surface area contributed by atoms with Crippen molar-refractivity contribution in [3.63, 3.8) is 0 Å². The van der Waals surface area contributed by atoms with Crippen LogP contribution >= 0.6 is 15.9 Å². The monoisotopic (exact) mass is 300 g/mol. The first kappa shape index (κ1) is 13.8. The van der Waals surface area contributed by atoms with E-state index in [1.165, 1.54) is 19.2 Å². The van der Waals surface area contributed by atoms with E-state index < -0.39 is 4.92 Å². The number of aromatic nitrogens is 1. The number of carbonyl (C=O) groups is 1. The van der Waals surface area contributed by atoms with Gasteiger partial charge >= 0.3 is 0 Å². The third kappa shape index (κ3) is 3.09. The Labute approximate surface area is 108 Å². The van der Waals surface area contributed by atoms with Crippen molar-refractivity contribution in [2.75, 3.05) is 0 Å². The molecule has 1 heterocycles. The van der Waals surface area contributed by atoms with Gasteiger partial charge in [-0.05, 0) is 28.8 Å². The third-order valence-corrected chi connectivity index (χ3v) is 3.10. The summed E-state index contributed by atoms with van der Waals surface area (Å²) in [4.78, 5) is 25.7. The highest BCUT2D eigenvalue weighted by Gasteiger charge is 2.25. The molecule has 0 saturated carbocycles. The highest BCUT2D eigenvalue weighted by Crippen LogP contribution is 2.31. The number of hydrogen-bond acceptors (Lipinski definition) is 4. The van der Waals surface area contributed by atoms with Crippen LogP contribution in [0.4, 0.5) is 5.69 Å². The molecule has 1 aromatic rings. The molecular formula is C11H13BrN2O3. The number of nitrogens with zero attached hydrogens (tertiary/aromatic N) is 2. The Morgan fingerprint density at radius 2 is 2.12 bits per heavy atom. The van der Waals surface area contributed by atoms with Crippen LogP contribution in [0.5, 0.6) is 0 Å².